The first kappa shape index (κ1) is 23.2. The SMILES string of the molecule is CCOC(=O)[C@H]1O[C@@H]1C(=O)N[C@@H](CSCc1ccccc1)C(=O)NCC(C)(C)C. The van der Waals surface area contributed by atoms with Gasteiger partial charge in [-0.1, -0.05) is 51.1 Å². The van der Waals surface area contributed by atoms with Gasteiger partial charge >= 0.3 is 5.97 Å². The molecule has 0 radical (unpaired) electrons. The number of hydrogen-bond donors (Lipinski definition) is 2. The van der Waals surface area contributed by atoms with Crippen molar-refractivity contribution in [1.82, 2.24) is 10.6 Å². The predicted molar refractivity (Wildman–Crippen MR) is 112 cm³/mol. The van der Waals surface area contributed by atoms with Gasteiger partial charge in [0.2, 0.25) is 5.91 Å². The molecule has 0 aliphatic carbocycles. The zero-order valence-corrected chi connectivity index (χ0v) is 18.2. The maximum Gasteiger partial charge on any atom is 0.338 e. The van der Waals surface area contributed by atoms with Crippen molar-refractivity contribution in [2.24, 2.45) is 5.41 Å². The minimum Gasteiger partial charge on any atom is -0.464 e. The lowest BCUT2D eigenvalue weighted by molar-refractivity contribution is -0.144. The van der Waals surface area contributed by atoms with E-state index in [9.17, 15) is 14.4 Å². The molecule has 0 aromatic heterocycles. The van der Waals surface area contributed by atoms with E-state index in [1.54, 1.807) is 18.7 Å². The molecule has 1 aliphatic heterocycles. The highest BCUT2D eigenvalue weighted by Crippen LogP contribution is 2.24. The second-order valence-corrected chi connectivity index (χ2v) is 9.10. The van der Waals surface area contributed by atoms with Gasteiger partial charge in [0, 0.05) is 18.1 Å². The van der Waals surface area contributed by atoms with Crippen LogP contribution < -0.4 is 10.6 Å². The van der Waals surface area contributed by atoms with Crippen LogP contribution in [0.4, 0.5) is 0 Å². The third-order valence-electron chi connectivity index (χ3n) is 4.09. The van der Waals surface area contributed by atoms with E-state index < -0.39 is 30.1 Å². The van der Waals surface area contributed by atoms with E-state index >= 15 is 0 Å². The molecular weight excluding hydrogens is 392 g/mol. The van der Waals surface area contributed by atoms with E-state index in [1.807, 2.05) is 51.1 Å². The van der Waals surface area contributed by atoms with Crippen LogP contribution in [0.5, 0.6) is 0 Å². The smallest absolute Gasteiger partial charge is 0.338 e. The standard InChI is InChI=1S/C21H30N2O5S/c1-5-27-20(26)17-16(28-17)19(25)23-15(18(24)22-13-21(2,3)4)12-29-11-14-9-7-6-8-10-14/h6-10,15-17H,5,11-13H2,1-4H3,(H,22,24)(H,23,25)/t15-,16-,17-/m0/s1. The molecule has 1 aliphatic rings. The second-order valence-electron chi connectivity index (χ2n) is 8.07. The van der Waals surface area contributed by atoms with Crippen molar-refractivity contribution in [3.05, 3.63) is 35.9 Å². The van der Waals surface area contributed by atoms with Crippen LogP contribution in [0.1, 0.15) is 33.3 Å². The van der Waals surface area contributed by atoms with Crippen LogP contribution in [0.3, 0.4) is 0 Å². The highest BCUT2D eigenvalue weighted by molar-refractivity contribution is 7.98. The number of benzene rings is 1. The fourth-order valence-corrected chi connectivity index (χ4v) is 3.51. The first-order valence-electron chi connectivity index (χ1n) is 9.73. The van der Waals surface area contributed by atoms with Crippen LogP contribution in [0.25, 0.3) is 0 Å². The van der Waals surface area contributed by atoms with Crippen LogP contribution >= 0.6 is 11.8 Å². The molecule has 1 aromatic carbocycles. The van der Waals surface area contributed by atoms with Crippen LogP contribution in [0, 0.1) is 5.41 Å². The van der Waals surface area contributed by atoms with Gasteiger partial charge in [-0.05, 0) is 17.9 Å². The summed E-state index contributed by atoms with van der Waals surface area (Å²) in [6.45, 7) is 8.47. The Balaban J connectivity index is 1.91. The number of nitrogens with one attached hydrogen (secondary N) is 2. The Labute approximate surface area is 176 Å². The fourth-order valence-electron chi connectivity index (χ4n) is 2.50. The molecule has 1 heterocycles. The molecule has 0 unspecified atom stereocenters. The van der Waals surface area contributed by atoms with Gasteiger partial charge in [0.25, 0.3) is 5.91 Å². The summed E-state index contributed by atoms with van der Waals surface area (Å²) in [5, 5.41) is 5.61. The Hall–Kier alpha value is -2.06. The molecule has 1 aromatic rings. The largest absolute Gasteiger partial charge is 0.464 e. The number of carbonyl (C=O) groups is 3. The number of esters is 1. The summed E-state index contributed by atoms with van der Waals surface area (Å²) in [4.78, 5) is 36.8. The van der Waals surface area contributed by atoms with Gasteiger partial charge in [-0.25, -0.2) is 4.79 Å². The zero-order valence-electron chi connectivity index (χ0n) is 17.4. The number of ether oxygens (including phenoxy) is 2. The molecule has 2 amide bonds. The summed E-state index contributed by atoms with van der Waals surface area (Å²) in [5.41, 5.74) is 1.07. The molecule has 29 heavy (non-hydrogen) atoms. The van der Waals surface area contributed by atoms with Crippen LogP contribution in [0.2, 0.25) is 0 Å². The van der Waals surface area contributed by atoms with Crippen LogP contribution in [-0.4, -0.2) is 54.9 Å². The monoisotopic (exact) mass is 422 g/mol. The molecule has 2 rings (SSSR count). The lowest BCUT2D eigenvalue weighted by atomic mass is 9.97. The predicted octanol–water partition coefficient (Wildman–Crippen LogP) is 1.90. The molecule has 0 saturated carbocycles. The Morgan fingerprint density at radius 2 is 1.86 bits per heavy atom. The molecular formula is C21H30N2O5S. The quantitative estimate of drug-likeness (QED) is 0.442. The average Bonchev–Trinajstić information content (AvgIpc) is 3.47. The molecule has 7 nitrogen and oxygen atoms in total. The van der Waals surface area contributed by atoms with Crippen molar-refractivity contribution in [1.29, 1.82) is 0 Å². The third-order valence-corrected chi connectivity index (χ3v) is 5.20. The van der Waals surface area contributed by atoms with Crippen LogP contribution in [0.15, 0.2) is 30.3 Å². The summed E-state index contributed by atoms with van der Waals surface area (Å²) < 4.78 is 10.00. The third kappa shape index (κ3) is 8.06. The van der Waals surface area contributed by atoms with E-state index in [4.69, 9.17) is 9.47 Å². The first-order chi connectivity index (χ1) is 13.7. The normalized spacial score (nSPS) is 19.2. The Bertz CT molecular complexity index is 705. The van der Waals surface area contributed by atoms with Crippen molar-refractivity contribution in [2.45, 2.75) is 51.7 Å². The highest BCUT2D eigenvalue weighted by atomic mass is 32.2. The fraction of sp³-hybridized carbons (Fsp3) is 0.571. The maximum absolute atomic E-state index is 12.7. The molecule has 3 atom stereocenters. The summed E-state index contributed by atoms with van der Waals surface area (Å²) in [5.74, 6) is -0.139. The van der Waals surface area contributed by atoms with Crippen LogP contribution in [-0.2, 0) is 29.6 Å². The molecule has 1 fully saturated rings. The van der Waals surface area contributed by atoms with Gasteiger partial charge in [0.15, 0.2) is 12.2 Å². The van der Waals surface area contributed by atoms with Gasteiger partial charge in [-0.2, -0.15) is 11.8 Å². The first-order valence-corrected chi connectivity index (χ1v) is 10.9. The number of rotatable bonds is 10. The lowest BCUT2D eigenvalue weighted by Crippen LogP contribution is -2.51. The number of thioether (sulfide) groups is 1. The van der Waals surface area contributed by atoms with E-state index in [0.717, 1.165) is 11.3 Å². The maximum atomic E-state index is 12.7. The van der Waals surface area contributed by atoms with E-state index in [-0.39, 0.29) is 17.9 Å². The van der Waals surface area contributed by atoms with Gasteiger partial charge in [0.05, 0.1) is 6.61 Å². The van der Waals surface area contributed by atoms with Crippen molar-refractivity contribution < 1.29 is 23.9 Å². The van der Waals surface area contributed by atoms with Gasteiger partial charge in [0.1, 0.15) is 6.04 Å². The van der Waals surface area contributed by atoms with E-state index in [0.29, 0.717) is 12.3 Å². The second kappa shape index (κ2) is 10.6. The van der Waals surface area contributed by atoms with Crippen molar-refractivity contribution in [3.8, 4) is 0 Å². The summed E-state index contributed by atoms with van der Waals surface area (Å²) in [7, 11) is 0. The van der Waals surface area contributed by atoms with Gasteiger partial charge < -0.3 is 20.1 Å². The van der Waals surface area contributed by atoms with E-state index in [2.05, 4.69) is 10.6 Å². The van der Waals surface area contributed by atoms with Gasteiger partial charge in [-0.15, -0.1) is 0 Å². The molecule has 2 N–H and O–H groups in total. The van der Waals surface area contributed by atoms with Crippen molar-refractivity contribution in [3.63, 3.8) is 0 Å². The van der Waals surface area contributed by atoms with E-state index in [1.165, 1.54) is 0 Å². The highest BCUT2D eigenvalue weighted by Gasteiger charge is 2.52. The Morgan fingerprint density at radius 3 is 2.48 bits per heavy atom. The summed E-state index contributed by atoms with van der Waals surface area (Å²) >= 11 is 1.56. The number of carbonyl (C=O) groups excluding carboxylic acids is 3. The molecule has 160 valence electrons. The molecule has 1 saturated heterocycles. The number of hydrogen-bond acceptors (Lipinski definition) is 6. The van der Waals surface area contributed by atoms with Crippen molar-refractivity contribution >= 4 is 29.5 Å². The molecule has 0 bridgehead atoms. The Kier molecular flexibility index (Phi) is 8.52. The lowest BCUT2D eigenvalue weighted by Gasteiger charge is -2.22. The number of amides is 2. The molecule has 8 heteroatoms. The number of epoxide rings is 1. The Morgan fingerprint density at radius 1 is 1.17 bits per heavy atom. The van der Waals surface area contributed by atoms with Crippen molar-refractivity contribution in [2.75, 3.05) is 18.9 Å². The minimum atomic E-state index is -0.897. The minimum absolute atomic E-state index is 0.0734. The van der Waals surface area contributed by atoms with Gasteiger partial charge in [-0.3, -0.25) is 9.59 Å². The zero-order chi connectivity index (χ0) is 21.4. The summed E-state index contributed by atoms with van der Waals surface area (Å²) in [6.07, 6.45) is -1.78. The average molecular weight is 423 g/mol. The molecule has 0 spiro atoms. The summed E-state index contributed by atoms with van der Waals surface area (Å²) in [6, 6.07) is 9.19. The topological polar surface area (TPSA) is 97.0 Å².